The average Bonchev–Trinajstić information content (AvgIpc) is 3.20. The summed E-state index contributed by atoms with van der Waals surface area (Å²) in [6, 6.07) is 20.9. The number of fused-ring (bicyclic) bond motifs is 1. The molecule has 4 rings (SSSR count). The molecule has 0 bridgehead atoms. The molecule has 27 heavy (non-hydrogen) atoms. The van der Waals surface area contributed by atoms with Crippen molar-refractivity contribution in [3.63, 3.8) is 0 Å². The standard InChI is InChI=1S/C22H26N2O3/c1-3-26-21(25)22(2)14-20-23(15-17-10-6-4-7-11-17)16-19(24(20)27-22)18-12-8-5-9-13-18/h4-13,19-20H,3,14-16H2,1-2H3/t19-,20+,22-/m1/s1. The molecule has 0 aromatic heterocycles. The second-order valence-corrected chi connectivity index (χ2v) is 7.43. The van der Waals surface area contributed by atoms with E-state index in [1.165, 1.54) is 11.1 Å². The molecule has 2 heterocycles. The minimum absolute atomic E-state index is 0.0461. The third-order valence-corrected chi connectivity index (χ3v) is 5.43. The van der Waals surface area contributed by atoms with E-state index < -0.39 is 5.60 Å². The van der Waals surface area contributed by atoms with Gasteiger partial charge in [0, 0.05) is 19.5 Å². The summed E-state index contributed by atoms with van der Waals surface area (Å²) < 4.78 is 5.28. The van der Waals surface area contributed by atoms with Crippen molar-refractivity contribution < 1.29 is 14.4 Å². The van der Waals surface area contributed by atoms with Gasteiger partial charge in [0.05, 0.1) is 18.8 Å². The topological polar surface area (TPSA) is 42.0 Å². The lowest BCUT2D eigenvalue weighted by atomic mass is 10.0. The summed E-state index contributed by atoms with van der Waals surface area (Å²) in [5.41, 5.74) is 1.52. The first kappa shape index (κ1) is 18.2. The number of esters is 1. The van der Waals surface area contributed by atoms with E-state index in [1.807, 2.05) is 43.2 Å². The molecule has 0 amide bonds. The summed E-state index contributed by atoms with van der Waals surface area (Å²) in [5.74, 6) is -0.286. The second-order valence-electron chi connectivity index (χ2n) is 7.43. The SMILES string of the molecule is CCOC(=O)[C@@]1(C)C[C@H]2N(Cc3ccccc3)C[C@H](c3ccccc3)N2O1. The molecule has 2 aliphatic heterocycles. The van der Waals surface area contributed by atoms with Gasteiger partial charge in [-0.25, -0.2) is 4.79 Å². The molecule has 5 nitrogen and oxygen atoms in total. The summed E-state index contributed by atoms with van der Waals surface area (Å²) in [5, 5.41) is 2.01. The summed E-state index contributed by atoms with van der Waals surface area (Å²) in [6.45, 7) is 5.71. The molecule has 142 valence electrons. The average molecular weight is 366 g/mol. The van der Waals surface area contributed by atoms with Gasteiger partial charge in [0.15, 0.2) is 5.60 Å². The van der Waals surface area contributed by atoms with Crippen molar-refractivity contribution >= 4 is 5.97 Å². The quantitative estimate of drug-likeness (QED) is 0.758. The van der Waals surface area contributed by atoms with Crippen LogP contribution in [0.25, 0.3) is 0 Å². The van der Waals surface area contributed by atoms with Gasteiger partial charge in [-0.15, -0.1) is 0 Å². The van der Waals surface area contributed by atoms with Crippen molar-refractivity contribution in [2.45, 2.75) is 44.6 Å². The van der Waals surface area contributed by atoms with Crippen molar-refractivity contribution in [3.8, 4) is 0 Å². The Bertz CT molecular complexity index is 783. The highest BCUT2D eigenvalue weighted by molar-refractivity contribution is 5.79. The second kappa shape index (κ2) is 7.43. The lowest BCUT2D eigenvalue weighted by Crippen LogP contribution is -2.40. The van der Waals surface area contributed by atoms with Crippen molar-refractivity contribution in [2.24, 2.45) is 0 Å². The van der Waals surface area contributed by atoms with Crippen molar-refractivity contribution in [1.82, 2.24) is 9.96 Å². The maximum absolute atomic E-state index is 12.5. The Balaban J connectivity index is 1.61. The van der Waals surface area contributed by atoms with Crippen molar-refractivity contribution in [3.05, 3.63) is 71.8 Å². The third kappa shape index (κ3) is 3.50. The smallest absolute Gasteiger partial charge is 0.340 e. The molecule has 0 aliphatic carbocycles. The fraction of sp³-hybridized carbons (Fsp3) is 0.409. The zero-order valence-corrected chi connectivity index (χ0v) is 15.9. The minimum Gasteiger partial charge on any atom is -0.464 e. The Hall–Kier alpha value is -2.21. The van der Waals surface area contributed by atoms with Gasteiger partial charge in [0.1, 0.15) is 0 Å². The fourth-order valence-corrected chi connectivity index (χ4v) is 4.07. The number of nitrogens with zero attached hydrogens (tertiary/aromatic N) is 2. The lowest BCUT2D eigenvalue weighted by Gasteiger charge is -2.26. The molecule has 0 unspecified atom stereocenters. The van der Waals surface area contributed by atoms with Crippen LogP contribution < -0.4 is 0 Å². The number of hydrogen-bond acceptors (Lipinski definition) is 5. The largest absolute Gasteiger partial charge is 0.464 e. The van der Waals surface area contributed by atoms with E-state index in [-0.39, 0.29) is 18.2 Å². The molecule has 3 atom stereocenters. The Labute approximate surface area is 160 Å². The van der Waals surface area contributed by atoms with Gasteiger partial charge < -0.3 is 4.74 Å². The number of rotatable bonds is 5. The number of benzene rings is 2. The zero-order chi connectivity index (χ0) is 18.9. The van der Waals surface area contributed by atoms with E-state index in [0.717, 1.165) is 13.1 Å². The molecule has 5 heteroatoms. The van der Waals surface area contributed by atoms with Gasteiger partial charge in [-0.2, -0.15) is 5.06 Å². The maximum Gasteiger partial charge on any atom is 0.340 e. The third-order valence-electron chi connectivity index (χ3n) is 5.43. The molecule has 0 N–H and O–H groups in total. The number of carbonyl (C=O) groups excluding carboxylic acids is 1. The van der Waals surface area contributed by atoms with Crippen LogP contribution in [0.3, 0.4) is 0 Å². The van der Waals surface area contributed by atoms with Crippen LogP contribution in [0.4, 0.5) is 0 Å². The maximum atomic E-state index is 12.5. The normalized spacial score (nSPS) is 28.2. The summed E-state index contributed by atoms with van der Waals surface area (Å²) >= 11 is 0. The van der Waals surface area contributed by atoms with Crippen LogP contribution in [0.1, 0.15) is 37.4 Å². The Morgan fingerprint density at radius 3 is 2.48 bits per heavy atom. The highest BCUT2D eigenvalue weighted by atomic mass is 16.7. The van der Waals surface area contributed by atoms with Gasteiger partial charge in [0.25, 0.3) is 0 Å². The highest BCUT2D eigenvalue weighted by Crippen LogP contribution is 2.44. The van der Waals surface area contributed by atoms with Crippen molar-refractivity contribution in [1.29, 1.82) is 0 Å². The van der Waals surface area contributed by atoms with Gasteiger partial charge in [-0.1, -0.05) is 60.7 Å². The van der Waals surface area contributed by atoms with Gasteiger partial charge in [-0.05, 0) is 25.0 Å². The predicted molar refractivity (Wildman–Crippen MR) is 102 cm³/mol. The van der Waals surface area contributed by atoms with Crippen molar-refractivity contribution in [2.75, 3.05) is 13.2 Å². The van der Waals surface area contributed by atoms with E-state index in [4.69, 9.17) is 9.57 Å². The molecule has 2 saturated heterocycles. The van der Waals surface area contributed by atoms with Gasteiger partial charge in [0.2, 0.25) is 0 Å². The molecule has 2 fully saturated rings. The summed E-state index contributed by atoms with van der Waals surface area (Å²) in [7, 11) is 0. The first-order valence-corrected chi connectivity index (χ1v) is 9.58. The van der Waals surface area contributed by atoms with Gasteiger partial charge >= 0.3 is 5.97 Å². The summed E-state index contributed by atoms with van der Waals surface area (Å²) in [4.78, 5) is 21.2. The molecular weight excluding hydrogens is 340 g/mol. The molecule has 0 saturated carbocycles. The van der Waals surface area contributed by atoms with Gasteiger partial charge in [-0.3, -0.25) is 9.74 Å². The molecule has 2 aliphatic rings. The van der Waals surface area contributed by atoms with E-state index in [1.54, 1.807) is 0 Å². The van der Waals surface area contributed by atoms with Crippen LogP contribution in [0.15, 0.2) is 60.7 Å². The van der Waals surface area contributed by atoms with E-state index in [2.05, 4.69) is 41.3 Å². The molecule has 2 aromatic carbocycles. The predicted octanol–water partition coefficient (Wildman–Crippen LogP) is 3.53. The molecule has 0 radical (unpaired) electrons. The molecule has 2 aromatic rings. The summed E-state index contributed by atoms with van der Waals surface area (Å²) in [6.07, 6.45) is 0.645. The zero-order valence-electron chi connectivity index (χ0n) is 15.9. The van der Waals surface area contributed by atoms with Crippen LogP contribution in [-0.4, -0.2) is 40.9 Å². The lowest BCUT2D eigenvalue weighted by molar-refractivity contribution is -0.225. The number of hydrogen-bond donors (Lipinski definition) is 0. The highest BCUT2D eigenvalue weighted by Gasteiger charge is 2.56. The van der Waals surface area contributed by atoms with E-state index in [0.29, 0.717) is 13.0 Å². The van der Waals surface area contributed by atoms with Crippen LogP contribution >= 0.6 is 0 Å². The van der Waals surface area contributed by atoms with Crippen LogP contribution in [0, 0.1) is 0 Å². The Morgan fingerprint density at radius 1 is 1.15 bits per heavy atom. The fourth-order valence-electron chi connectivity index (χ4n) is 4.07. The number of hydroxylamine groups is 2. The molecular formula is C22H26N2O3. The number of ether oxygens (including phenoxy) is 1. The van der Waals surface area contributed by atoms with Crippen LogP contribution in [0.5, 0.6) is 0 Å². The molecule has 0 spiro atoms. The van der Waals surface area contributed by atoms with Crippen LogP contribution in [-0.2, 0) is 20.9 Å². The van der Waals surface area contributed by atoms with E-state index in [9.17, 15) is 4.79 Å². The number of carbonyl (C=O) groups is 1. The Kier molecular flexibility index (Phi) is 5.00. The van der Waals surface area contributed by atoms with E-state index >= 15 is 0 Å². The first-order valence-electron chi connectivity index (χ1n) is 9.58. The van der Waals surface area contributed by atoms with Crippen LogP contribution in [0.2, 0.25) is 0 Å². The Morgan fingerprint density at radius 2 is 1.81 bits per heavy atom. The monoisotopic (exact) mass is 366 g/mol. The minimum atomic E-state index is -0.941. The first-order chi connectivity index (χ1) is 13.1.